The third-order valence-electron chi connectivity index (χ3n) is 6.51. The van der Waals surface area contributed by atoms with Crippen LogP contribution in [0.3, 0.4) is 0 Å². The maximum Gasteiger partial charge on any atom is 0.262 e. The van der Waals surface area contributed by atoms with E-state index in [2.05, 4.69) is 30.9 Å². The highest BCUT2D eigenvalue weighted by Crippen LogP contribution is 2.45. The highest BCUT2D eigenvalue weighted by atomic mass is 35.5. The first kappa shape index (κ1) is 26.8. The van der Waals surface area contributed by atoms with Crippen LogP contribution in [0.25, 0.3) is 55.9 Å². The molecule has 6 aromatic rings. The quantitative estimate of drug-likeness (QED) is 0.234. The van der Waals surface area contributed by atoms with E-state index < -0.39 is 0 Å². The Morgan fingerprint density at radius 2 is 1.41 bits per heavy atom. The second kappa shape index (κ2) is 10.4. The van der Waals surface area contributed by atoms with Gasteiger partial charge in [-0.1, -0.05) is 105 Å². The molecule has 198 valence electrons. The van der Waals surface area contributed by atoms with Gasteiger partial charge in [0.25, 0.3) is 5.89 Å². The van der Waals surface area contributed by atoms with Gasteiger partial charge in [-0.05, 0) is 41.3 Å². The topological polar surface area (TPSA) is 72.3 Å². The first-order chi connectivity index (χ1) is 18.7. The van der Waals surface area contributed by atoms with Crippen LogP contribution in [-0.2, 0) is 5.41 Å². The van der Waals surface area contributed by atoms with E-state index in [1.807, 2.05) is 68.4 Å². The van der Waals surface area contributed by atoms with Crippen LogP contribution >= 0.6 is 23.2 Å². The molecule has 0 saturated heterocycles. The lowest BCUT2D eigenvalue weighted by Gasteiger charge is -2.22. The molecular weight excluding hydrogens is 531 g/mol. The normalized spacial score (nSPS) is 11.6. The van der Waals surface area contributed by atoms with E-state index in [0.29, 0.717) is 32.3 Å². The van der Waals surface area contributed by atoms with Gasteiger partial charge in [0.1, 0.15) is 16.9 Å². The molecule has 0 saturated carbocycles. The average molecular weight is 559 g/mol. The largest absolute Gasteiger partial charge is 0.506 e. The average Bonchev–Trinajstić information content (AvgIpc) is 3.54. The molecule has 1 N–H and O–H groups in total. The van der Waals surface area contributed by atoms with E-state index in [1.165, 1.54) is 0 Å². The van der Waals surface area contributed by atoms with Gasteiger partial charge >= 0.3 is 0 Å². The fourth-order valence-corrected chi connectivity index (χ4v) is 5.11. The molecule has 2 aromatic heterocycles. The van der Waals surface area contributed by atoms with Gasteiger partial charge < -0.3 is 14.0 Å². The number of phenolic OH excluding ortho intramolecular Hbond substituents is 1. The number of rotatable bonds is 3. The van der Waals surface area contributed by atoms with E-state index in [0.717, 1.165) is 27.5 Å². The molecule has 0 bridgehead atoms. The van der Waals surface area contributed by atoms with Crippen molar-refractivity contribution in [1.82, 2.24) is 10.1 Å². The van der Waals surface area contributed by atoms with Crippen molar-refractivity contribution in [3.05, 3.63) is 88.4 Å². The summed E-state index contributed by atoms with van der Waals surface area (Å²) in [6, 6.07) is 22.9. The Morgan fingerprint density at radius 1 is 0.769 bits per heavy atom. The zero-order valence-corrected chi connectivity index (χ0v) is 23.9. The van der Waals surface area contributed by atoms with Crippen molar-refractivity contribution in [3.8, 4) is 39.7 Å². The molecular formula is C32H28Cl2N2O3. The van der Waals surface area contributed by atoms with Crippen LogP contribution in [0.1, 0.15) is 40.2 Å². The molecule has 0 spiro atoms. The number of benzene rings is 4. The van der Waals surface area contributed by atoms with E-state index in [9.17, 15) is 5.11 Å². The molecule has 0 fully saturated rings. The second-order valence-corrected chi connectivity index (χ2v) is 10.8. The van der Waals surface area contributed by atoms with Gasteiger partial charge in [0.05, 0.1) is 21.2 Å². The maximum atomic E-state index is 11.6. The van der Waals surface area contributed by atoms with Gasteiger partial charge in [-0.15, -0.1) is 0 Å². The van der Waals surface area contributed by atoms with Crippen LogP contribution < -0.4 is 0 Å². The summed E-state index contributed by atoms with van der Waals surface area (Å²) in [5.41, 5.74) is 4.51. The number of nitrogens with zero attached hydrogens (tertiary/aromatic N) is 2. The fourth-order valence-electron chi connectivity index (χ4n) is 4.54. The Bertz CT molecular complexity index is 1790. The summed E-state index contributed by atoms with van der Waals surface area (Å²) >= 11 is 12.7. The lowest BCUT2D eigenvalue weighted by molar-refractivity contribution is 0.425. The number of phenols is 1. The predicted octanol–water partition coefficient (Wildman–Crippen LogP) is 10.3. The number of para-hydroxylation sites is 2. The third-order valence-corrected chi connectivity index (χ3v) is 7.14. The molecule has 39 heavy (non-hydrogen) atoms. The lowest BCUT2D eigenvalue weighted by Crippen LogP contribution is -2.11. The SMILES string of the molecule is CC.CC(C)(C)c1cc(-c2nc(-c3c(Cl)cccc3Cl)no2)c(O)c(-c2cccc3c2oc2ccccc23)c1. The molecule has 0 aliphatic carbocycles. The number of hydrogen-bond donors (Lipinski definition) is 1. The minimum atomic E-state index is -0.228. The molecule has 0 unspecified atom stereocenters. The van der Waals surface area contributed by atoms with Crippen molar-refractivity contribution < 1.29 is 14.0 Å². The van der Waals surface area contributed by atoms with E-state index in [1.54, 1.807) is 18.2 Å². The maximum absolute atomic E-state index is 11.6. The highest BCUT2D eigenvalue weighted by molar-refractivity contribution is 6.39. The number of aromatic nitrogens is 2. The minimum Gasteiger partial charge on any atom is -0.506 e. The van der Waals surface area contributed by atoms with Gasteiger partial charge in [-0.25, -0.2) is 0 Å². The molecule has 0 aliphatic heterocycles. The van der Waals surface area contributed by atoms with Gasteiger partial charge in [-0.3, -0.25) is 0 Å². The zero-order valence-electron chi connectivity index (χ0n) is 22.3. The molecule has 2 heterocycles. The van der Waals surface area contributed by atoms with Gasteiger partial charge in [-0.2, -0.15) is 4.98 Å². The second-order valence-electron chi connectivity index (χ2n) is 9.97. The highest BCUT2D eigenvalue weighted by Gasteiger charge is 2.25. The molecule has 0 aliphatic rings. The Labute approximate surface area is 237 Å². The van der Waals surface area contributed by atoms with Crippen molar-refractivity contribution in [2.45, 2.75) is 40.0 Å². The Kier molecular flexibility index (Phi) is 7.15. The van der Waals surface area contributed by atoms with Crippen LogP contribution in [-0.4, -0.2) is 15.2 Å². The summed E-state index contributed by atoms with van der Waals surface area (Å²) in [4.78, 5) is 4.56. The van der Waals surface area contributed by atoms with Gasteiger partial charge in [0.15, 0.2) is 0 Å². The van der Waals surface area contributed by atoms with Crippen molar-refractivity contribution in [2.75, 3.05) is 0 Å². The van der Waals surface area contributed by atoms with Crippen LogP contribution in [0.15, 0.2) is 81.7 Å². The van der Waals surface area contributed by atoms with Crippen molar-refractivity contribution in [2.24, 2.45) is 0 Å². The lowest BCUT2D eigenvalue weighted by atomic mass is 9.83. The summed E-state index contributed by atoms with van der Waals surface area (Å²) in [7, 11) is 0. The predicted molar refractivity (Wildman–Crippen MR) is 160 cm³/mol. The Balaban J connectivity index is 0.00000151. The van der Waals surface area contributed by atoms with Crippen LogP contribution in [0.4, 0.5) is 0 Å². The summed E-state index contributed by atoms with van der Waals surface area (Å²) in [6.45, 7) is 10.3. The number of fused-ring (bicyclic) bond motifs is 3. The van der Waals surface area contributed by atoms with Crippen molar-refractivity contribution in [1.29, 1.82) is 0 Å². The first-order valence-corrected chi connectivity index (χ1v) is 13.5. The van der Waals surface area contributed by atoms with Crippen LogP contribution in [0, 0.1) is 0 Å². The number of furan rings is 1. The van der Waals surface area contributed by atoms with Crippen LogP contribution in [0.5, 0.6) is 5.75 Å². The summed E-state index contributed by atoms with van der Waals surface area (Å²) in [6.07, 6.45) is 0. The van der Waals surface area contributed by atoms with E-state index in [4.69, 9.17) is 32.1 Å². The monoisotopic (exact) mass is 558 g/mol. The van der Waals surface area contributed by atoms with Crippen molar-refractivity contribution >= 4 is 45.1 Å². The standard InChI is InChI=1S/C30H22Cl2N2O3.C2H6/c1-30(2,3)16-14-20(19-10-6-9-18-17-8-4-5-13-24(17)36-27(18)19)26(35)21(15-16)29-33-28(34-37-29)25-22(31)11-7-12-23(25)32;1-2/h4-15,35H,1-3H3;1-2H3. The van der Waals surface area contributed by atoms with E-state index in [-0.39, 0.29) is 22.9 Å². The number of aromatic hydroxyl groups is 1. The summed E-state index contributed by atoms with van der Waals surface area (Å²) in [5, 5.41) is 18.5. The summed E-state index contributed by atoms with van der Waals surface area (Å²) < 4.78 is 11.9. The van der Waals surface area contributed by atoms with Crippen molar-refractivity contribution in [3.63, 3.8) is 0 Å². The molecule has 0 radical (unpaired) electrons. The molecule has 7 heteroatoms. The first-order valence-electron chi connectivity index (χ1n) is 12.8. The number of hydrogen-bond acceptors (Lipinski definition) is 5. The summed E-state index contributed by atoms with van der Waals surface area (Å²) in [5.74, 6) is 0.418. The number of halogens is 2. The Morgan fingerprint density at radius 3 is 2.13 bits per heavy atom. The molecule has 6 rings (SSSR count). The Hall–Kier alpha value is -3.80. The van der Waals surface area contributed by atoms with Gasteiger partial charge in [0.2, 0.25) is 5.82 Å². The smallest absolute Gasteiger partial charge is 0.262 e. The fraction of sp³-hybridized carbons (Fsp3) is 0.188. The minimum absolute atomic E-state index is 0.0152. The van der Waals surface area contributed by atoms with Crippen LogP contribution in [0.2, 0.25) is 10.0 Å². The molecule has 0 atom stereocenters. The molecule has 4 aromatic carbocycles. The molecule has 5 nitrogen and oxygen atoms in total. The molecule has 0 amide bonds. The van der Waals surface area contributed by atoms with Gasteiger partial charge in [0, 0.05) is 21.9 Å². The third kappa shape index (κ3) is 4.77. The zero-order chi connectivity index (χ0) is 27.9. The van der Waals surface area contributed by atoms with E-state index >= 15 is 0 Å².